The van der Waals surface area contributed by atoms with Gasteiger partial charge in [-0.2, -0.15) is 12.6 Å². The van der Waals surface area contributed by atoms with Crippen LogP contribution in [-0.2, 0) is 0 Å². The average molecular weight is 242 g/mol. The van der Waals surface area contributed by atoms with E-state index in [0.717, 1.165) is 0 Å². The molecule has 1 heterocycles. The second-order valence-corrected chi connectivity index (χ2v) is 3.69. The molecule has 6 heteroatoms. The fraction of sp³-hybridized carbons (Fsp3) is 0.222. The van der Waals surface area contributed by atoms with Crippen LogP contribution < -0.4 is 0 Å². The van der Waals surface area contributed by atoms with E-state index in [0.29, 0.717) is 16.5 Å². The topological polar surface area (TPSA) is 63.1 Å². The molecule has 0 unspecified atom stereocenters. The molecule has 0 aromatic carbocycles. The second kappa shape index (κ2) is 5.77. The van der Waals surface area contributed by atoms with Gasteiger partial charge in [-0.25, -0.2) is 14.8 Å². The average Bonchev–Trinajstić information content (AvgIpc) is 2.26. The summed E-state index contributed by atoms with van der Waals surface area (Å²) in [6.07, 6.45) is 6.69. The highest BCUT2D eigenvalue weighted by Gasteiger charge is 2.11. The van der Waals surface area contributed by atoms with Gasteiger partial charge in [-0.3, -0.25) is 0 Å². The number of aromatic nitrogens is 2. The fourth-order valence-corrected chi connectivity index (χ4v) is 1.39. The van der Waals surface area contributed by atoms with Crippen molar-refractivity contribution < 1.29 is 9.90 Å². The maximum atomic E-state index is 10.9. The number of rotatable bonds is 4. The molecule has 0 amide bonds. The number of nitrogens with zero attached hydrogens (tertiary/aromatic N) is 2. The van der Waals surface area contributed by atoms with Gasteiger partial charge < -0.3 is 5.11 Å². The molecule has 0 saturated carbocycles. The minimum atomic E-state index is -1.05. The molecule has 1 N–H and O–H groups in total. The van der Waals surface area contributed by atoms with Crippen LogP contribution in [0.4, 0.5) is 0 Å². The molecule has 0 radical (unpaired) electrons. The number of thiol groups is 1. The van der Waals surface area contributed by atoms with E-state index < -0.39 is 5.97 Å². The van der Waals surface area contributed by atoms with Crippen LogP contribution in [0.15, 0.2) is 17.4 Å². The van der Waals surface area contributed by atoms with Gasteiger partial charge in [-0.15, -0.1) is 0 Å². The van der Waals surface area contributed by atoms with Crippen molar-refractivity contribution in [3.05, 3.63) is 23.5 Å². The predicted octanol–water partition coefficient (Wildman–Crippen LogP) is 1.84. The Labute approximate surface area is 97.2 Å². The number of thioether (sulfide) groups is 1. The molecular weight excluding hydrogens is 232 g/mol. The Bertz CT molecular complexity index is 394. The summed E-state index contributed by atoms with van der Waals surface area (Å²) < 4.78 is 0. The molecule has 0 aliphatic heterocycles. The molecule has 0 bridgehead atoms. The van der Waals surface area contributed by atoms with Crippen LogP contribution in [-0.4, -0.2) is 33.1 Å². The van der Waals surface area contributed by atoms with Crippen LogP contribution in [0.5, 0.6) is 0 Å². The Morgan fingerprint density at radius 1 is 1.73 bits per heavy atom. The molecular formula is C9H10N2O2S2. The van der Waals surface area contributed by atoms with Crippen molar-refractivity contribution in [1.29, 1.82) is 0 Å². The molecule has 0 saturated heterocycles. The number of carboxylic acids is 1. The maximum Gasteiger partial charge on any atom is 0.355 e. The first-order chi connectivity index (χ1) is 7.19. The highest BCUT2D eigenvalue weighted by atomic mass is 32.2. The number of carboxylic acid groups (broad SMARTS) is 1. The second-order valence-electron chi connectivity index (χ2n) is 2.55. The Kier molecular flexibility index (Phi) is 4.64. The standard InChI is InChI=1S/C9H10N2O2S2/c1-15-9-10-5-6(3-2-4-14)7(11-9)8(12)13/h2-3,5,14H,4H2,1H3,(H,12,13). The van der Waals surface area contributed by atoms with Gasteiger partial charge in [-0.1, -0.05) is 23.9 Å². The third kappa shape index (κ3) is 3.24. The lowest BCUT2D eigenvalue weighted by molar-refractivity contribution is 0.0689. The van der Waals surface area contributed by atoms with Crippen molar-refractivity contribution in [2.75, 3.05) is 12.0 Å². The van der Waals surface area contributed by atoms with Crippen molar-refractivity contribution in [3.63, 3.8) is 0 Å². The minimum Gasteiger partial charge on any atom is -0.476 e. The smallest absolute Gasteiger partial charge is 0.355 e. The summed E-state index contributed by atoms with van der Waals surface area (Å²) in [7, 11) is 0. The lowest BCUT2D eigenvalue weighted by Crippen LogP contribution is -2.05. The van der Waals surface area contributed by atoms with E-state index >= 15 is 0 Å². The zero-order valence-electron chi connectivity index (χ0n) is 8.04. The quantitative estimate of drug-likeness (QED) is 0.479. The number of aromatic carboxylic acids is 1. The van der Waals surface area contributed by atoms with E-state index in [4.69, 9.17) is 5.11 Å². The van der Waals surface area contributed by atoms with E-state index in [9.17, 15) is 4.79 Å². The first kappa shape index (κ1) is 12.1. The van der Waals surface area contributed by atoms with Crippen molar-refractivity contribution in [3.8, 4) is 0 Å². The Balaban J connectivity index is 3.15. The van der Waals surface area contributed by atoms with E-state index in [1.807, 2.05) is 0 Å². The summed E-state index contributed by atoms with van der Waals surface area (Å²) in [5.74, 6) is -0.505. The molecule has 1 aromatic heterocycles. The van der Waals surface area contributed by atoms with Gasteiger partial charge in [0, 0.05) is 17.5 Å². The van der Waals surface area contributed by atoms with Gasteiger partial charge >= 0.3 is 5.97 Å². The molecule has 0 fully saturated rings. The van der Waals surface area contributed by atoms with Crippen molar-refractivity contribution >= 4 is 36.4 Å². The van der Waals surface area contributed by atoms with Crippen molar-refractivity contribution in [1.82, 2.24) is 9.97 Å². The molecule has 0 spiro atoms. The third-order valence-electron chi connectivity index (χ3n) is 1.58. The zero-order chi connectivity index (χ0) is 11.3. The van der Waals surface area contributed by atoms with Gasteiger partial charge in [-0.05, 0) is 6.26 Å². The largest absolute Gasteiger partial charge is 0.476 e. The van der Waals surface area contributed by atoms with Crippen LogP contribution in [0.3, 0.4) is 0 Å². The summed E-state index contributed by atoms with van der Waals surface area (Å²) in [5, 5.41) is 9.39. The first-order valence-corrected chi connectivity index (χ1v) is 5.96. The van der Waals surface area contributed by atoms with Crippen LogP contribution in [0.1, 0.15) is 16.1 Å². The SMILES string of the molecule is CSc1ncc(C=CCS)c(C(=O)O)n1. The highest BCUT2D eigenvalue weighted by Crippen LogP contribution is 2.13. The third-order valence-corrected chi connectivity index (χ3v) is 2.36. The van der Waals surface area contributed by atoms with E-state index in [1.165, 1.54) is 18.0 Å². The molecule has 80 valence electrons. The van der Waals surface area contributed by atoms with Gasteiger partial charge in [0.25, 0.3) is 0 Å². The molecule has 0 aliphatic carbocycles. The van der Waals surface area contributed by atoms with Crippen LogP contribution >= 0.6 is 24.4 Å². The van der Waals surface area contributed by atoms with Crippen LogP contribution in [0.2, 0.25) is 0 Å². The number of hydrogen-bond acceptors (Lipinski definition) is 5. The first-order valence-electron chi connectivity index (χ1n) is 4.10. The number of hydrogen-bond donors (Lipinski definition) is 2. The summed E-state index contributed by atoms with van der Waals surface area (Å²) in [6.45, 7) is 0. The van der Waals surface area contributed by atoms with Crippen molar-refractivity contribution in [2.45, 2.75) is 5.16 Å². The van der Waals surface area contributed by atoms with Gasteiger partial charge in [0.05, 0.1) is 0 Å². The highest BCUT2D eigenvalue weighted by molar-refractivity contribution is 7.98. The van der Waals surface area contributed by atoms with Crippen LogP contribution in [0.25, 0.3) is 6.08 Å². The Hall–Kier alpha value is -1.01. The monoisotopic (exact) mass is 242 g/mol. The summed E-state index contributed by atoms with van der Waals surface area (Å²) in [6, 6.07) is 0. The Morgan fingerprint density at radius 3 is 3.00 bits per heavy atom. The lowest BCUT2D eigenvalue weighted by Gasteiger charge is -2.01. The number of carbonyl (C=O) groups is 1. The molecule has 4 nitrogen and oxygen atoms in total. The van der Waals surface area contributed by atoms with Crippen LogP contribution in [0, 0.1) is 0 Å². The Morgan fingerprint density at radius 2 is 2.47 bits per heavy atom. The predicted molar refractivity (Wildman–Crippen MR) is 63.7 cm³/mol. The fourth-order valence-electron chi connectivity index (χ4n) is 0.946. The molecule has 15 heavy (non-hydrogen) atoms. The van der Waals surface area contributed by atoms with E-state index in [2.05, 4.69) is 22.6 Å². The lowest BCUT2D eigenvalue weighted by atomic mass is 10.2. The van der Waals surface area contributed by atoms with E-state index in [1.54, 1.807) is 18.4 Å². The van der Waals surface area contributed by atoms with Gasteiger partial charge in [0.1, 0.15) is 0 Å². The summed E-state index contributed by atoms with van der Waals surface area (Å²) >= 11 is 5.30. The maximum absolute atomic E-state index is 10.9. The molecule has 1 aromatic rings. The van der Waals surface area contributed by atoms with Gasteiger partial charge in [0.15, 0.2) is 10.9 Å². The minimum absolute atomic E-state index is 0.0207. The normalized spacial score (nSPS) is 10.8. The van der Waals surface area contributed by atoms with E-state index in [-0.39, 0.29) is 5.69 Å². The molecule has 1 rings (SSSR count). The summed E-state index contributed by atoms with van der Waals surface area (Å²) in [5.41, 5.74) is 0.515. The van der Waals surface area contributed by atoms with Crippen molar-refractivity contribution in [2.24, 2.45) is 0 Å². The molecule has 0 aliphatic rings. The zero-order valence-corrected chi connectivity index (χ0v) is 9.76. The van der Waals surface area contributed by atoms with Gasteiger partial charge in [0.2, 0.25) is 0 Å². The molecule has 0 atom stereocenters. The summed E-state index contributed by atoms with van der Waals surface area (Å²) in [4.78, 5) is 18.8.